The molecule has 3 heterocycles. The van der Waals surface area contributed by atoms with Crippen molar-refractivity contribution in [2.75, 3.05) is 26.7 Å². The average Bonchev–Trinajstić information content (AvgIpc) is 3.27. The smallest absolute Gasteiger partial charge is 0.264 e. The predicted molar refractivity (Wildman–Crippen MR) is 125 cm³/mol. The summed E-state index contributed by atoms with van der Waals surface area (Å²) >= 11 is 7.72. The van der Waals surface area contributed by atoms with Crippen LogP contribution in [0, 0.1) is 12.8 Å². The number of hydrogen-bond acceptors (Lipinski definition) is 4. The number of likely N-dealkylation sites (tertiary alicyclic amines) is 1. The molecule has 0 unspecified atom stereocenters. The fourth-order valence-corrected chi connectivity index (χ4v) is 5.50. The number of fused-ring (bicyclic) bond motifs is 1. The first kappa shape index (κ1) is 21.3. The number of amides is 1. The van der Waals surface area contributed by atoms with Crippen LogP contribution in [0.5, 0.6) is 0 Å². The minimum absolute atomic E-state index is 0.150. The minimum atomic E-state index is 0.150. The zero-order valence-corrected chi connectivity index (χ0v) is 19.6. The summed E-state index contributed by atoms with van der Waals surface area (Å²) in [5.74, 6) is 0.586. The van der Waals surface area contributed by atoms with Gasteiger partial charge in [-0.3, -0.25) is 4.79 Å². The van der Waals surface area contributed by atoms with Gasteiger partial charge in [-0.2, -0.15) is 5.10 Å². The third kappa shape index (κ3) is 4.27. The first-order chi connectivity index (χ1) is 14.3. The monoisotopic (exact) mass is 444 g/mol. The zero-order valence-electron chi connectivity index (χ0n) is 18.1. The van der Waals surface area contributed by atoms with Crippen LogP contribution in [0.4, 0.5) is 0 Å². The molecule has 0 bridgehead atoms. The van der Waals surface area contributed by atoms with Crippen molar-refractivity contribution in [3.8, 4) is 5.69 Å². The molecule has 0 spiro atoms. The lowest BCUT2D eigenvalue weighted by Gasteiger charge is -2.38. The number of carbonyl (C=O) groups excluding carboxylic acids is 1. The number of rotatable bonds is 5. The Hall–Kier alpha value is -1.89. The van der Waals surface area contributed by atoms with E-state index in [4.69, 9.17) is 16.7 Å². The van der Waals surface area contributed by atoms with E-state index >= 15 is 0 Å². The summed E-state index contributed by atoms with van der Waals surface area (Å²) in [5.41, 5.74) is 1.84. The van der Waals surface area contributed by atoms with Crippen molar-refractivity contribution in [1.29, 1.82) is 0 Å². The summed E-state index contributed by atoms with van der Waals surface area (Å²) in [5, 5.41) is 6.40. The SMILES string of the molecule is Cc1nn(-c2cccc(Cl)c2)c2sc(C(=O)N(CC(C)C)C3CCN(C)CC3)cc12. The van der Waals surface area contributed by atoms with Crippen LogP contribution < -0.4 is 0 Å². The van der Waals surface area contributed by atoms with Gasteiger partial charge < -0.3 is 9.80 Å². The van der Waals surface area contributed by atoms with Gasteiger partial charge in [0, 0.05) is 23.0 Å². The molecule has 2 aromatic heterocycles. The molecular formula is C23H29ClN4OS. The average molecular weight is 445 g/mol. The third-order valence-electron chi connectivity index (χ3n) is 5.76. The summed E-state index contributed by atoms with van der Waals surface area (Å²) < 4.78 is 1.90. The van der Waals surface area contributed by atoms with E-state index in [-0.39, 0.29) is 5.91 Å². The normalized spacial score (nSPS) is 15.9. The Balaban J connectivity index is 1.69. The zero-order chi connectivity index (χ0) is 21.4. The molecule has 1 aliphatic rings. The van der Waals surface area contributed by atoms with Gasteiger partial charge in [0.25, 0.3) is 5.91 Å². The van der Waals surface area contributed by atoms with Crippen molar-refractivity contribution < 1.29 is 4.79 Å². The molecule has 0 aliphatic carbocycles. The molecule has 30 heavy (non-hydrogen) atoms. The van der Waals surface area contributed by atoms with Crippen molar-refractivity contribution in [1.82, 2.24) is 19.6 Å². The van der Waals surface area contributed by atoms with E-state index in [0.717, 1.165) is 59.0 Å². The number of aryl methyl sites for hydroxylation is 1. The van der Waals surface area contributed by atoms with Crippen LogP contribution in [0.2, 0.25) is 5.02 Å². The van der Waals surface area contributed by atoms with Crippen molar-refractivity contribution in [3.05, 3.63) is 45.9 Å². The molecule has 160 valence electrons. The van der Waals surface area contributed by atoms with Crippen molar-refractivity contribution in [3.63, 3.8) is 0 Å². The van der Waals surface area contributed by atoms with Crippen LogP contribution in [-0.4, -0.2) is 58.2 Å². The Morgan fingerprint density at radius 3 is 2.70 bits per heavy atom. The summed E-state index contributed by atoms with van der Waals surface area (Å²) in [4.78, 5) is 19.9. The van der Waals surface area contributed by atoms with E-state index < -0.39 is 0 Å². The highest BCUT2D eigenvalue weighted by Gasteiger charge is 2.29. The molecular weight excluding hydrogens is 416 g/mol. The van der Waals surface area contributed by atoms with Gasteiger partial charge in [0.1, 0.15) is 4.83 Å². The maximum atomic E-state index is 13.6. The highest BCUT2D eigenvalue weighted by Crippen LogP contribution is 2.32. The van der Waals surface area contributed by atoms with Crippen LogP contribution >= 0.6 is 22.9 Å². The second kappa shape index (κ2) is 8.69. The second-order valence-electron chi connectivity index (χ2n) is 8.69. The Bertz CT molecular complexity index is 1050. The van der Waals surface area contributed by atoms with Gasteiger partial charge in [0.15, 0.2) is 0 Å². The highest BCUT2D eigenvalue weighted by molar-refractivity contribution is 7.20. The number of aromatic nitrogens is 2. The highest BCUT2D eigenvalue weighted by atomic mass is 35.5. The lowest BCUT2D eigenvalue weighted by Crippen LogP contribution is -2.47. The van der Waals surface area contributed by atoms with Crippen molar-refractivity contribution in [2.24, 2.45) is 5.92 Å². The lowest BCUT2D eigenvalue weighted by atomic mass is 10.0. The van der Waals surface area contributed by atoms with Gasteiger partial charge in [-0.15, -0.1) is 11.3 Å². The third-order valence-corrected chi connectivity index (χ3v) is 7.09. The summed E-state index contributed by atoms with van der Waals surface area (Å²) in [7, 11) is 2.15. The first-order valence-electron chi connectivity index (χ1n) is 10.6. The fraction of sp³-hybridized carbons (Fsp3) is 0.478. The fourth-order valence-electron chi connectivity index (χ4n) is 4.17. The van der Waals surface area contributed by atoms with E-state index in [2.05, 4.69) is 30.7 Å². The molecule has 5 nitrogen and oxygen atoms in total. The molecule has 0 radical (unpaired) electrons. The number of benzene rings is 1. The Morgan fingerprint density at radius 2 is 2.03 bits per heavy atom. The van der Waals surface area contributed by atoms with Crippen LogP contribution in [0.25, 0.3) is 15.9 Å². The van der Waals surface area contributed by atoms with E-state index in [1.165, 1.54) is 11.3 Å². The van der Waals surface area contributed by atoms with E-state index in [1.54, 1.807) is 0 Å². The predicted octanol–water partition coefficient (Wildman–Crippen LogP) is 5.24. The minimum Gasteiger partial charge on any atom is -0.335 e. The molecule has 1 fully saturated rings. The topological polar surface area (TPSA) is 41.4 Å². The molecule has 1 aliphatic heterocycles. The Labute approximate surface area is 187 Å². The Morgan fingerprint density at radius 1 is 1.30 bits per heavy atom. The number of thiophene rings is 1. The van der Waals surface area contributed by atoms with Gasteiger partial charge in [-0.05, 0) is 70.1 Å². The van der Waals surface area contributed by atoms with Gasteiger partial charge in [-0.25, -0.2) is 4.68 Å². The van der Waals surface area contributed by atoms with E-state index in [9.17, 15) is 4.79 Å². The second-order valence-corrected chi connectivity index (χ2v) is 10.2. The van der Waals surface area contributed by atoms with E-state index in [1.807, 2.05) is 41.9 Å². The van der Waals surface area contributed by atoms with E-state index in [0.29, 0.717) is 17.0 Å². The van der Waals surface area contributed by atoms with Crippen LogP contribution in [-0.2, 0) is 0 Å². The molecule has 1 amide bonds. The molecule has 0 atom stereocenters. The molecule has 0 N–H and O–H groups in total. The van der Waals surface area contributed by atoms with Crippen molar-refractivity contribution >= 4 is 39.1 Å². The van der Waals surface area contributed by atoms with Gasteiger partial charge in [-0.1, -0.05) is 31.5 Å². The first-order valence-corrected chi connectivity index (χ1v) is 11.8. The Kier molecular flexibility index (Phi) is 6.19. The molecule has 1 aromatic carbocycles. The lowest BCUT2D eigenvalue weighted by molar-refractivity contribution is 0.0564. The molecule has 7 heteroatoms. The van der Waals surface area contributed by atoms with Crippen LogP contribution in [0.3, 0.4) is 0 Å². The maximum absolute atomic E-state index is 13.6. The summed E-state index contributed by atoms with van der Waals surface area (Å²) in [6, 6.07) is 10.00. The van der Waals surface area contributed by atoms with Gasteiger partial charge in [0.2, 0.25) is 0 Å². The van der Waals surface area contributed by atoms with Crippen molar-refractivity contribution in [2.45, 2.75) is 39.7 Å². The van der Waals surface area contributed by atoms with Crippen LogP contribution in [0.1, 0.15) is 42.1 Å². The number of piperidine rings is 1. The quantitative estimate of drug-likeness (QED) is 0.540. The van der Waals surface area contributed by atoms with Gasteiger partial charge >= 0.3 is 0 Å². The van der Waals surface area contributed by atoms with Gasteiger partial charge in [0.05, 0.1) is 16.3 Å². The number of hydrogen-bond donors (Lipinski definition) is 0. The summed E-state index contributed by atoms with van der Waals surface area (Å²) in [6.07, 6.45) is 2.07. The maximum Gasteiger partial charge on any atom is 0.264 e. The van der Waals surface area contributed by atoms with Crippen LogP contribution in [0.15, 0.2) is 30.3 Å². The molecule has 3 aromatic rings. The standard InChI is InChI=1S/C23H29ClN4OS/c1-15(2)14-27(18-8-10-26(4)11-9-18)22(29)21-13-20-16(3)25-28(23(20)30-21)19-7-5-6-17(24)12-19/h5-7,12-13,15,18H,8-11,14H2,1-4H3. The number of halogens is 1. The molecule has 0 saturated carbocycles. The number of nitrogens with zero attached hydrogens (tertiary/aromatic N) is 4. The molecule has 4 rings (SSSR count). The molecule has 1 saturated heterocycles. The summed E-state index contributed by atoms with van der Waals surface area (Å²) in [6.45, 7) is 9.24. The number of carbonyl (C=O) groups is 1. The largest absolute Gasteiger partial charge is 0.335 e.